The van der Waals surface area contributed by atoms with Crippen LogP contribution in [0.25, 0.3) is 0 Å². The molecule has 0 aromatic carbocycles. The zero-order valence-electron chi connectivity index (χ0n) is 14.5. The third-order valence-corrected chi connectivity index (χ3v) is 4.76. The Morgan fingerprint density at radius 1 is 1.33 bits per heavy atom. The Labute approximate surface area is 148 Å². The van der Waals surface area contributed by atoms with Gasteiger partial charge in [-0.25, -0.2) is 14.8 Å². The van der Waals surface area contributed by atoms with Gasteiger partial charge in [-0.15, -0.1) is 0 Å². The van der Waals surface area contributed by atoms with E-state index in [1.807, 2.05) is 25.7 Å². The van der Waals surface area contributed by atoms with Gasteiger partial charge in [-0.2, -0.15) is 0 Å². The zero-order valence-corrected chi connectivity index (χ0v) is 15.3. The van der Waals surface area contributed by atoms with Crippen molar-refractivity contribution < 1.29 is 9.53 Å². The molecule has 1 aromatic heterocycles. The van der Waals surface area contributed by atoms with Crippen LogP contribution in [0.15, 0.2) is 12.4 Å². The SMILES string of the molecule is CC(C)(C)OC(=O)N1CCC[C@H]2CN(Cc3cnc(Cl)nc3)C[C@H]21. The van der Waals surface area contributed by atoms with Crippen molar-refractivity contribution in [3.05, 3.63) is 23.2 Å². The van der Waals surface area contributed by atoms with Gasteiger partial charge in [0.05, 0.1) is 6.04 Å². The summed E-state index contributed by atoms with van der Waals surface area (Å²) in [6.07, 6.45) is 5.55. The van der Waals surface area contributed by atoms with Gasteiger partial charge < -0.3 is 9.64 Å². The quantitative estimate of drug-likeness (QED) is 0.766. The summed E-state index contributed by atoms with van der Waals surface area (Å²) in [7, 11) is 0. The van der Waals surface area contributed by atoms with Crippen LogP contribution in [0, 0.1) is 5.92 Å². The van der Waals surface area contributed by atoms with E-state index in [2.05, 4.69) is 14.9 Å². The molecule has 0 saturated carbocycles. The fourth-order valence-corrected chi connectivity index (χ4v) is 3.72. The van der Waals surface area contributed by atoms with Crippen LogP contribution in [0.4, 0.5) is 4.79 Å². The van der Waals surface area contributed by atoms with Crippen LogP contribution in [0.1, 0.15) is 39.2 Å². The second-order valence-electron chi connectivity index (χ2n) is 7.70. The minimum atomic E-state index is -0.455. The van der Waals surface area contributed by atoms with Crippen LogP contribution in [0.5, 0.6) is 0 Å². The predicted octanol–water partition coefficient (Wildman–Crippen LogP) is 2.96. The van der Waals surface area contributed by atoms with E-state index in [1.165, 1.54) is 0 Å². The molecule has 7 heteroatoms. The molecule has 2 atom stereocenters. The van der Waals surface area contributed by atoms with E-state index in [-0.39, 0.29) is 17.4 Å². The number of amides is 1. The molecule has 0 unspecified atom stereocenters. The summed E-state index contributed by atoms with van der Waals surface area (Å²) in [5, 5.41) is 0.268. The summed E-state index contributed by atoms with van der Waals surface area (Å²) in [6.45, 7) is 9.16. The van der Waals surface area contributed by atoms with Crippen molar-refractivity contribution in [2.75, 3.05) is 19.6 Å². The number of halogens is 1. The standard InChI is InChI=1S/C17H25ClN4O2/c1-17(2,3)24-16(23)22-6-4-5-13-10-21(11-14(13)22)9-12-7-19-15(18)20-8-12/h7-8,13-14H,4-6,9-11H2,1-3H3/t13-,14+/m0/s1. The van der Waals surface area contributed by atoms with Crippen molar-refractivity contribution in [1.29, 1.82) is 0 Å². The Bertz CT molecular complexity index is 587. The van der Waals surface area contributed by atoms with E-state index >= 15 is 0 Å². The number of ether oxygens (including phenoxy) is 1. The first-order valence-electron chi connectivity index (χ1n) is 8.50. The number of carbonyl (C=O) groups excluding carboxylic acids is 1. The zero-order chi connectivity index (χ0) is 17.3. The lowest BCUT2D eigenvalue weighted by molar-refractivity contribution is 0.00621. The maximum atomic E-state index is 12.5. The van der Waals surface area contributed by atoms with E-state index in [0.29, 0.717) is 5.92 Å². The number of nitrogens with zero attached hydrogens (tertiary/aromatic N) is 4. The first-order valence-corrected chi connectivity index (χ1v) is 8.88. The summed E-state index contributed by atoms with van der Waals surface area (Å²) in [4.78, 5) is 24.9. The molecule has 2 fully saturated rings. The van der Waals surface area contributed by atoms with Crippen LogP contribution in [-0.4, -0.2) is 57.1 Å². The fraction of sp³-hybridized carbons (Fsp3) is 0.706. The summed E-state index contributed by atoms with van der Waals surface area (Å²) in [5.74, 6) is 0.513. The molecule has 1 aromatic rings. The molecule has 2 aliphatic rings. The Hall–Kier alpha value is -1.40. The molecule has 2 saturated heterocycles. The van der Waals surface area contributed by atoms with Gasteiger partial charge in [0.1, 0.15) is 5.60 Å². The Balaban J connectivity index is 1.64. The second-order valence-corrected chi connectivity index (χ2v) is 8.04. The third-order valence-electron chi connectivity index (χ3n) is 4.56. The topological polar surface area (TPSA) is 58.6 Å². The highest BCUT2D eigenvalue weighted by molar-refractivity contribution is 6.28. The number of hydrogen-bond donors (Lipinski definition) is 0. The number of fused-ring (bicyclic) bond motifs is 1. The lowest BCUT2D eigenvalue weighted by Gasteiger charge is -2.37. The van der Waals surface area contributed by atoms with Gasteiger partial charge in [0, 0.05) is 44.1 Å². The van der Waals surface area contributed by atoms with Crippen LogP contribution in [0.3, 0.4) is 0 Å². The van der Waals surface area contributed by atoms with Crippen LogP contribution < -0.4 is 0 Å². The number of piperidine rings is 1. The maximum Gasteiger partial charge on any atom is 0.410 e. The Morgan fingerprint density at radius 3 is 2.71 bits per heavy atom. The average Bonchev–Trinajstić information content (AvgIpc) is 2.90. The number of aromatic nitrogens is 2. The summed E-state index contributed by atoms with van der Waals surface area (Å²) in [5.41, 5.74) is 0.588. The monoisotopic (exact) mass is 352 g/mol. The van der Waals surface area contributed by atoms with Crippen LogP contribution >= 0.6 is 11.6 Å². The first kappa shape index (κ1) is 17.4. The molecular formula is C17H25ClN4O2. The lowest BCUT2D eigenvalue weighted by atomic mass is 9.92. The van der Waals surface area contributed by atoms with E-state index in [0.717, 1.165) is 44.6 Å². The van der Waals surface area contributed by atoms with Crippen molar-refractivity contribution in [2.45, 2.75) is 51.8 Å². The lowest BCUT2D eigenvalue weighted by Crippen LogP contribution is -2.50. The predicted molar refractivity (Wildman–Crippen MR) is 91.8 cm³/mol. The van der Waals surface area contributed by atoms with Gasteiger partial charge >= 0.3 is 6.09 Å². The van der Waals surface area contributed by atoms with Crippen LogP contribution in [0.2, 0.25) is 5.28 Å². The van der Waals surface area contributed by atoms with Gasteiger partial charge in [-0.1, -0.05) is 0 Å². The smallest absolute Gasteiger partial charge is 0.410 e. The molecule has 6 nitrogen and oxygen atoms in total. The molecule has 0 aliphatic carbocycles. The first-order chi connectivity index (χ1) is 11.3. The molecule has 1 amide bonds. The minimum Gasteiger partial charge on any atom is -0.444 e. The Kier molecular flexibility index (Phi) is 4.97. The second kappa shape index (κ2) is 6.84. The van der Waals surface area contributed by atoms with E-state index in [1.54, 1.807) is 12.4 Å². The summed E-state index contributed by atoms with van der Waals surface area (Å²) < 4.78 is 5.59. The molecule has 2 aliphatic heterocycles. The molecule has 0 N–H and O–H groups in total. The molecular weight excluding hydrogens is 328 g/mol. The number of likely N-dealkylation sites (tertiary alicyclic amines) is 2. The molecule has 3 heterocycles. The van der Waals surface area contributed by atoms with Gasteiger partial charge in [-0.3, -0.25) is 4.90 Å². The Morgan fingerprint density at radius 2 is 2.04 bits per heavy atom. The average molecular weight is 353 g/mol. The molecule has 132 valence electrons. The highest BCUT2D eigenvalue weighted by Gasteiger charge is 2.42. The molecule has 24 heavy (non-hydrogen) atoms. The van der Waals surface area contributed by atoms with Crippen molar-refractivity contribution in [1.82, 2.24) is 19.8 Å². The minimum absolute atomic E-state index is 0.186. The third kappa shape index (κ3) is 4.16. The molecule has 3 rings (SSSR count). The van der Waals surface area contributed by atoms with E-state index in [9.17, 15) is 4.79 Å². The molecule has 0 bridgehead atoms. The number of carbonyl (C=O) groups is 1. The maximum absolute atomic E-state index is 12.5. The fourth-order valence-electron chi connectivity index (χ4n) is 3.62. The normalized spacial score (nSPS) is 24.8. The van der Waals surface area contributed by atoms with Crippen molar-refractivity contribution >= 4 is 17.7 Å². The molecule has 0 spiro atoms. The van der Waals surface area contributed by atoms with Gasteiger partial charge in [0.15, 0.2) is 0 Å². The summed E-state index contributed by atoms with van der Waals surface area (Å²) in [6, 6.07) is 0.238. The van der Waals surface area contributed by atoms with E-state index in [4.69, 9.17) is 16.3 Å². The van der Waals surface area contributed by atoms with Crippen molar-refractivity contribution in [3.8, 4) is 0 Å². The van der Waals surface area contributed by atoms with Crippen molar-refractivity contribution in [3.63, 3.8) is 0 Å². The van der Waals surface area contributed by atoms with Crippen molar-refractivity contribution in [2.24, 2.45) is 5.92 Å². The van der Waals surface area contributed by atoms with Crippen LogP contribution in [-0.2, 0) is 11.3 Å². The molecule has 0 radical (unpaired) electrons. The number of rotatable bonds is 2. The van der Waals surface area contributed by atoms with Gasteiger partial charge in [-0.05, 0) is 51.1 Å². The van der Waals surface area contributed by atoms with Gasteiger partial charge in [0.2, 0.25) is 5.28 Å². The van der Waals surface area contributed by atoms with E-state index < -0.39 is 5.60 Å². The largest absolute Gasteiger partial charge is 0.444 e. The number of hydrogen-bond acceptors (Lipinski definition) is 5. The highest BCUT2D eigenvalue weighted by Crippen LogP contribution is 2.32. The highest BCUT2D eigenvalue weighted by atomic mass is 35.5. The summed E-state index contributed by atoms with van der Waals surface area (Å²) >= 11 is 5.74. The van der Waals surface area contributed by atoms with Gasteiger partial charge in [0.25, 0.3) is 0 Å².